The number of nitrogens with one attached hydrogen (secondary N) is 1. The molecule has 3 aliphatic rings. The van der Waals surface area contributed by atoms with Crippen LogP contribution in [0.15, 0.2) is 49.2 Å². The maximum absolute atomic E-state index is 16.9. The minimum Gasteiger partial charge on any atom is -0.508 e. The number of pyridine rings is 1. The number of hydrogen-bond acceptors (Lipinski definition) is 9. The average molecular weight is 646 g/mol. The zero-order valence-corrected chi connectivity index (χ0v) is 26.6. The number of phenols is 1. The Morgan fingerprint density at radius 1 is 1.23 bits per heavy atom. The number of rotatable bonds is 7. The molecule has 0 bridgehead atoms. The molecule has 0 spiro atoms. The first-order valence-electron chi connectivity index (χ1n) is 16.4. The highest BCUT2D eigenvalue weighted by Gasteiger charge is 2.45. The van der Waals surface area contributed by atoms with Crippen LogP contribution < -0.4 is 15.0 Å². The Kier molecular flexibility index (Phi) is 8.32. The maximum atomic E-state index is 16.9. The number of amides is 1. The number of ether oxygens (including phenoxy) is 1. The Balaban J connectivity index is 1.37. The molecule has 2 N–H and O–H groups in total. The van der Waals surface area contributed by atoms with Crippen LogP contribution in [-0.4, -0.2) is 75.2 Å². The minimum atomic E-state index is -0.706. The normalized spacial score (nSPS) is 20.5. The first-order chi connectivity index (χ1) is 23.3. The average Bonchev–Trinajstić information content (AvgIpc) is 3.61. The summed E-state index contributed by atoms with van der Waals surface area (Å²) in [6, 6.07) is 10.2. The van der Waals surface area contributed by atoms with E-state index in [0.717, 1.165) is 38.8 Å². The zero-order chi connectivity index (χ0) is 33.4. The van der Waals surface area contributed by atoms with Crippen LogP contribution in [0.3, 0.4) is 0 Å². The second kappa shape index (κ2) is 12.7. The predicted molar refractivity (Wildman–Crippen MR) is 181 cm³/mol. The second-order valence-electron chi connectivity index (χ2n) is 12.9. The van der Waals surface area contributed by atoms with E-state index in [9.17, 15) is 15.2 Å². The summed E-state index contributed by atoms with van der Waals surface area (Å²) in [6.07, 6.45) is 14.0. The monoisotopic (exact) mass is 645 g/mol. The molecule has 5 heterocycles. The van der Waals surface area contributed by atoms with Gasteiger partial charge < -0.3 is 20.1 Å². The lowest BCUT2D eigenvalue weighted by atomic mass is 9.95. The van der Waals surface area contributed by atoms with Gasteiger partial charge in [0.15, 0.2) is 5.82 Å². The lowest BCUT2D eigenvalue weighted by molar-refractivity contribution is -0.117. The van der Waals surface area contributed by atoms with E-state index in [2.05, 4.69) is 38.8 Å². The fraction of sp³-hybridized carbons (Fsp3) is 0.378. The van der Waals surface area contributed by atoms with Crippen molar-refractivity contribution in [2.24, 2.45) is 5.92 Å². The minimum absolute atomic E-state index is 0.00892. The van der Waals surface area contributed by atoms with E-state index in [4.69, 9.17) is 16.1 Å². The van der Waals surface area contributed by atoms with Gasteiger partial charge in [-0.1, -0.05) is 24.6 Å². The predicted octanol–water partition coefficient (Wildman–Crippen LogP) is 5.09. The van der Waals surface area contributed by atoms with Crippen molar-refractivity contribution in [3.63, 3.8) is 0 Å². The van der Waals surface area contributed by atoms with Gasteiger partial charge in [0.1, 0.15) is 29.4 Å². The second-order valence-corrected chi connectivity index (χ2v) is 12.9. The van der Waals surface area contributed by atoms with Gasteiger partial charge in [-0.15, -0.1) is 6.42 Å². The van der Waals surface area contributed by atoms with Crippen LogP contribution in [0.5, 0.6) is 11.8 Å². The molecule has 2 atom stereocenters. The summed E-state index contributed by atoms with van der Waals surface area (Å²) in [5.41, 5.74) is 0.780. The first kappa shape index (κ1) is 31.3. The molecule has 11 heteroatoms. The third-order valence-electron chi connectivity index (χ3n) is 10.1. The number of halogens is 1. The van der Waals surface area contributed by atoms with Gasteiger partial charge in [-0.2, -0.15) is 15.2 Å². The van der Waals surface area contributed by atoms with Crippen LogP contribution >= 0.6 is 0 Å². The van der Waals surface area contributed by atoms with Gasteiger partial charge in [-0.3, -0.25) is 14.7 Å². The molecular formula is C37H36FN7O3. The van der Waals surface area contributed by atoms with E-state index in [1.165, 1.54) is 18.3 Å². The molecule has 0 aliphatic carbocycles. The van der Waals surface area contributed by atoms with Gasteiger partial charge in [0.25, 0.3) is 0 Å². The number of terminal acetylenes is 1. The van der Waals surface area contributed by atoms with Gasteiger partial charge in [-0.25, -0.2) is 4.39 Å². The maximum Gasteiger partial charge on any atom is 0.319 e. The molecule has 244 valence electrons. The number of aromatic nitrogens is 3. The molecule has 48 heavy (non-hydrogen) atoms. The van der Waals surface area contributed by atoms with E-state index in [1.54, 1.807) is 24.3 Å². The SMILES string of the molecule is C#Cc1cccc2cc(O)cc(-c3ncc4c(N5CCC[C@H](C#N)[C@@H](NC(=O)C=C)C5)nc(OCC56CCCN5CCC6)nc4c3F)c12. The van der Waals surface area contributed by atoms with E-state index < -0.39 is 17.8 Å². The summed E-state index contributed by atoms with van der Waals surface area (Å²) in [6.45, 7) is 6.76. The highest BCUT2D eigenvalue weighted by molar-refractivity contribution is 6.02. The summed E-state index contributed by atoms with van der Waals surface area (Å²) in [4.78, 5) is 30.8. The van der Waals surface area contributed by atoms with Gasteiger partial charge in [-0.05, 0) is 81.3 Å². The Morgan fingerprint density at radius 3 is 2.79 bits per heavy atom. The number of phenolic OH excluding ortho intramolecular Hbond substituents is 1. The highest BCUT2D eigenvalue weighted by atomic mass is 19.1. The van der Waals surface area contributed by atoms with Gasteiger partial charge in [0.2, 0.25) is 5.91 Å². The van der Waals surface area contributed by atoms with Crippen LogP contribution in [-0.2, 0) is 4.79 Å². The van der Waals surface area contributed by atoms with Gasteiger partial charge >= 0.3 is 6.01 Å². The Labute approximate surface area is 278 Å². The third-order valence-corrected chi connectivity index (χ3v) is 10.1. The quantitative estimate of drug-likeness (QED) is 0.209. The molecule has 0 saturated carbocycles. The summed E-state index contributed by atoms with van der Waals surface area (Å²) in [5.74, 6) is 1.51. The molecule has 2 aromatic carbocycles. The molecule has 1 amide bonds. The van der Waals surface area contributed by atoms with E-state index >= 15 is 4.39 Å². The largest absolute Gasteiger partial charge is 0.508 e. The molecular weight excluding hydrogens is 609 g/mol. The summed E-state index contributed by atoms with van der Waals surface area (Å²) >= 11 is 0. The van der Waals surface area contributed by atoms with Crippen LogP contribution in [0, 0.1) is 35.4 Å². The number of benzene rings is 2. The number of carbonyl (C=O) groups excluding carboxylic acids is 1. The molecule has 0 radical (unpaired) electrons. The lowest BCUT2D eigenvalue weighted by Gasteiger charge is -2.31. The number of nitrogens with zero attached hydrogens (tertiary/aromatic N) is 6. The lowest BCUT2D eigenvalue weighted by Crippen LogP contribution is -2.46. The molecule has 4 aromatic rings. The van der Waals surface area contributed by atoms with Crippen molar-refractivity contribution in [3.8, 4) is 41.4 Å². The van der Waals surface area contributed by atoms with Crippen LogP contribution in [0.1, 0.15) is 44.1 Å². The van der Waals surface area contributed by atoms with Crippen molar-refractivity contribution < 1.29 is 19.0 Å². The fourth-order valence-electron chi connectivity index (χ4n) is 7.79. The van der Waals surface area contributed by atoms with Crippen molar-refractivity contribution in [1.82, 2.24) is 25.2 Å². The van der Waals surface area contributed by atoms with E-state index in [-0.39, 0.29) is 41.0 Å². The molecule has 7 rings (SSSR count). The number of nitriles is 1. The fourth-order valence-corrected chi connectivity index (χ4v) is 7.79. The Bertz CT molecular complexity index is 2010. The Morgan fingerprint density at radius 2 is 2.04 bits per heavy atom. The number of aromatic hydroxyl groups is 1. The Hall–Kier alpha value is -5.26. The van der Waals surface area contributed by atoms with Crippen molar-refractivity contribution in [2.75, 3.05) is 37.7 Å². The molecule has 0 unspecified atom stereocenters. The summed E-state index contributed by atoms with van der Waals surface area (Å²) in [7, 11) is 0. The van der Waals surface area contributed by atoms with Crippen molar-refractivity contribution in [3.05, 3.63) is 60.6 Å². The summed E-state index contributed by atoms with van der Waals surface area (Å²) in [5, 5.41) is 25.0. The topological polar surface area (TPSA) is 128 Å². The van der Waals surface area contributed by atoms with Crippen molar-refractivity contribution in [2.45, 2.75) is 50.1 Å². The highest BCUT2D eigenvalue weighted by Crippen LogP contribution is 2.41. The standard InChI is InChI=1S/C37H36FN7O3/c1-3-23-9-5-10-24-17-26(46)18-27(31(23)24)33-32(38)34-28(20-40-33)35(44-14-6-11-25(19-39)29(21-44)41-30(47)4-2)43-36(42-34)48-22-37-12-7-15-45(37)16-8-13-37/h1,4-5,9-10,17-18,20,25,29,46H,2,6-8,11-16,21-22H2,(H,41,47)/t25-,29+/m1/s1. The van der Waals surface area contributed by atoms with Gasteiger partial charge in [0, 0.05) is 35.8 Å². The molecule has 2 aromatic heterocycles. The number of anilines is 1. The van der Waals surface area contributed by atoms with Crippen molar-refractivity contribution in [1.29, 1.82) is 5.26 Å². The molecule has 3 saturated heterocycles. The van der Waals surface area contributed by atoms with Crippen LogP contribution in [0.4, 0.5) is 10.2 Å². The first-order valence-corrected chi connectivity index (χ1v) is 16.4. The molecule has 3 fully saturated rings. The van der Waals surface area contributed by atoms with Crippen LogP contribution in [0.25, 0.3) is 32.9 Å². The number of carbonyl (C=O) groups is 1. The van der Waals surface area contributed by atoms with Crippen LogP contribution in [0.2, 0.25) is 0 Å². The van der Waals surface area contributed by atoms with E-state index in [0.29, 0.717) is 59.1 Å². The molecule has 3 aliphatic heterocycles. The zero-order valence-electron chi connectivity index (χ0n) is 26.6. The summed E-state index contributed by atoms with van der Waals surface area (Å²) < 4.78 is 23.3. The van der Waals surface area contributed by atoms with E-state index in [1.807, 2.05) is 4.90 Å². The van der Waals surface area contributed by atoms with Gasteiger partial charge in [0.05, 0.1) is 29.0 Å². The smallest absolute Gasteiger partial charge is 0.319 e. The molecule has 10 nitrogen and oxygen atoms in total. The number of fused-ring (bicyclic) bond motifs is 3. The number of hydrogen-bond donors (Lipinski definition) is 2. The van der Waals surface area contributed by atoms with Crippen molar-refractivity contribution >= 4 is 33.4 Å². The third kappa shape index (κ3) is 5.54.